The third kappa shape index (κ3) is 4.41. The first-order valence-corrected chi connectivity index (χ1v) is 11.9. The van der Waals surface area contributed by atoms with Gasteiger partial charge in [0, 0.05) is 0 Å². The second-order valence-electron chi connectivity index (χ2n) is 10.5. The Bertz CT molecular complexity index is 541. The molecule has 4 heteroatoms. The van der Waals surface area contributed by atoms with Gasteiger partial charge in [-0.05, 0) is 87.4 Å². The van der Waals surface area contributed by atoms with E-state index in [1.807, 2.05) is 0 Å². The first-order valence-electron chi connectivity index (χ1n) is 11.9. The molecule has 2 atom stereocenters. The van der Waals surface area contributed by atoms with E-state index < -0.39 is 0 Å². The second kappa shape index (κ2) is 8.75. The largest absolute Gasteiger partial charge is 0.465 e. The molecule has 5 rings (SSSR count). The monoisotopic (exact) mass is 390 g/mol. The average Bonchev–Trinajstić information content (AvgIpc) is 2.67. The van der Waals surface area contributed by atoms with Gasteiger partial charge in [0.25, 0.3) is 0 Å². The zero-order chi connectivity index (χ0) is 19.7. The minimum absolute atomic E-state index is 0.110. The van der Waals surface area contributed by atoms with Crippen molar-refractivity contribution in [3.63, 3.8) is 0 Å². The van der Waals surface area contributed by atoms with Gasteiger partial charge >= 0.3 is 11.9 Å². The van der Waals surface area contributed by atoms with Crippen LogP contribution in [0.2, 0.25) is 0 Å². The number of esters is 2. The minimum atomic E-state index is -0.294. The maximum Gasteiger partial charge on any atom is 0.310 e. The summed E-state index contributed by atoms with van der Waals surface area (Å²) in [7, 11) is 0. The molecule has 0 aromatic heterocycles. The molecule has 0 heterocycles. The summed E-state index contributed by atoms with van der Waals surface area (Å²) in [6.07, 6.45) is 12.0. The predicted molar refractivity (Wildman–Crippen MR) is 107 cm³/mol. The highest BCUT2D eigenvalue weighted by atomic mass is 16.5. The minimum Gasteiger partial charge on any atom is -0.465 e. The molecule has 5 fully saturated rings. The van der Waals surface area contributed by atoms with E-state index in [1.54, 1.807) is 0 Å². The topological polar surface area (TPSA) is 52.6 Å². The fraction of sp³-hybridized carbons (Fsp3) is 0.917. The Hall–Kier alpha value is -1.06. The van der Waals surface area contributed by atoms with Gasteiger partial charge in [-0.3, -0.25) is 9.59 Å². The van der Waals surface area contributed by atoms with Crippen LogP contribution in [0, 0.1) is 41.4 Å². The van der Waals surface area contributed by atoms with Gasteiger partial charge in [-0.1, -0.05) is 26.7 Å². The molecular formula is C24H38O4. The van der Waals surface area contributed by atoms with Crippen LogP contribution in [0.4, 0.5) is 0 Å². The molecule has 0 saturated heterocycles. The van der Waals surface area contributed by atoms with Crippen molar-refractivity contribution >= 4 is 11.9 Å². The lowest BCUT2D eigenvalue weighted by Crippen LogP contribution is -2.51. The van der Waals surface area contributed by atoms with Crippen LogP contribution in [0.1, 0.15) is 84.5 Å². The molecular weight excluding hydrogens is 352 g/mol. The quantitative estimate of drug-likeness (QED) is 0.446. The number of ether oxygens (including phenoxy) is 2. The normalized spacial score (nSPS) is 39.2. The Kier molecular flexibility index (Phi) is 6.32. The molecule has 0 aromatic rings. The van der Waals surface area contributed by atoms with Gasteiger partial charge in [0.05, 0.1) is 18.4 Å². The summed E-state index contributed by atoms with van der Waals surface area (Å²) in [4.78, 5) is 25.8. The van der Waals surface area contributed by atoms with Crippen molar-refractivity contribution in [2.75, 3.05) is 6.61 Å². The van der Waals surface area contributed by atoms with Crippen molar-refractivity contribution in [1.29, 1.82) is 0 Å². The molecule has 0 spiro atoms. The van der Waals surface area contributed by atoms with Gasteiger partial charge in [-0.25, -0.2) is 0 Å². The van der Waals surface area contributed by atoms with E-state index in [0.29, 0.717) is 24.4 Å². The van der Waals surface area contributed by atoms with Crippen molar-refractivity contribution < 1.29 is 19.1 Å². The number of carbonyl (C=O) groups is 2. The van der Waals surface area contributed by atoms with Gasteiger partial charge in [-0.2, -0.15) is 0 Å². The molecule has 5 saturated carbocycles. The molecule has 0 N–H and O–H groups in total. The van der Waals surface area contributed by atoms with Crippen LogP contribution in [-0.2, 0) is 19.1 Å². The highest BCUT2D eigenvalue weighted by Gasteiger charge is 2.51. The zero-order valence-electron chi connectivity index (χ0n) is 17.7. The Morgan fingerprint density at radius 2 is 1.43 bits per heavy atom. The van der Waals surface area contributed by atoms with Crippen LogP contribution in [-0.4, -0.2) is 24.6 Å². The van der Waals surface area contributed by atoms with Gasteiger partial charge in [0.2, 0.25) is 0 Å². The molecule has 0 aromatic carbocycles. The predicted octanol–water partition coefficient (Wildman–Crippen LogP) is 5.14. The van der Waals surface area contributed by atoms with Crippen molar-refractivity contribution in [3.05, 3.63) is 0 Å². The highest BCUT2D eigenvalue weighted by molar-refractivity contribution is 5.82. The number of hydrogen-bond acceptors (Lipinski definition) is 4. The summed E-state index contributed by atoms with van der Waals surface area (Å²) >= 11 is 0. The zero-order valence-corrected chi connectivity index (χ0v) is 17.7. The van der Waals surface area contributed by atoms with Crippen molar-refractivity contribution in [1.82, 2.24) is 0 Å². The molecule has 4 bridgehead atoms. The number of rotatable bonds is 7. The number of carbonyl (C=O) groups excluding carboxylic acids is 2. The fourth-order valence-electron chi connectivity index (χ4n) is 6.76. The number of hydrogen-bond donors (Lipinski definition) is 0. The van der Waals surface area contributed by atoms with Gasteiger partial charge in [0.15, 0.2) is 0 Å². The molecule has 0 aliphatic heterocycles. The SMILES string of the molecule is CC(C)CCCOC(=O)C1CCCCC1C(=O)OC1C2CC3CC(C2)CC1C3. The Balaban J connectivity index is 1.32. The summed E-state index contributed by atoms with van der Waals surface area (Å²) < 4.78 is 11.7. The van der Waals surface area contributed by atoms with Crippen LogP contribution in [0.3, 0.4) is 0 Å². The lowest BCUT2D eigenvalue weighted by atomic mass is 9.55. The maximum absolute atomic E-state index is 13.1. The van der Waals surface area contributed by atoms with E-state index in [1.165, 1.54) is 32.1 Å². The van der Waals surface area contributed by atoms with E-state index in [2.05, 4.69) is 13.8 Å². The molecule has 5 aliphatic carbocycles. The van der Waals surface area contributed by atoms with Crippen molar-refractivity contribution in [2.24, 2.45) is 41.4 Å². The summed E-state index contributed by atoms with van der Waals surface area (Å²) in [6, 6.07) is 0. The van der Waals surface area contributed by atoms with Gasteiger partial charge in [0.1, 0.15) is 6.10 Å². The maximum atomic E-state index is 13.1. The lowest BCUT2D eigenvalue weighted by Gasteiger charge is -2.53. The summed E-state index contributed by atoms with van der Waals surface area (Å²) in [6.45, 7) is 4.84. The molecule has 28 heavy (non-hydrogen) atoms. The van der Waals surface area contributed by atoms with Crippen molar-refractivity contribution in [2.45, 2.75) is 90.6 Å². The lowest BCUT2D eigenvalue weighted by molar-refractivity contribution is -0.181. The standard InChI is InChI=1S/C24H38O4/c1-15(2)6-5-9-27-23(25)20-7-3-4-8-21(20)24(26)28-22-18-11-16-10-17(13-18)14-19(22)12-16/h15-22H,3-14H2,1-2H3. The van der Waals surface area contributed by atoms with Crippen LogP contribution >= 0.6 is 0 Å². The second-order valence-corrected chi connectivity index (χ2v) is 10.5. The fourth-order valence-corrected chi connectivity index (χ4v) is 6.76. The summed E-state index contributed by atoms with van der Waals surface area (Å²) in [5.41, 5.74) is 0. The highest BCUT2D eigenvalue weighted by Crippen LogP contribution is 2.55. The molecule has 5 aliphatic rings. The molecule has 158 valence electrons. The van der Waals surface area contributed by atoms with Crippen molar-refractivity contribution in [3.8, 4) is 0 Å². The Labute approximate surface area is 170 Å². The van der Waals surface area contributed by atoms with Crippen LogP contribution in [0.25, 0.3) is 0 Å². The summed E-state index contributed by atoms with van der Waals surface area (Å²) in [5.74, 6) is 2.66. The first kappa shape index (κ1) is 20.2. The first-order chi connectivity index (χ1) is 13.5. The van der Waals surface area contributed by atoms with E-state index >= 15 is 0 Å². The summed E-state index contributed by atoms with van der Waals surface area (Å²) in [5, 5.41) is 0. The molecule has 4 nitrogen and oxygen atoms in total. The molecule has 0 radical (unpaired) electrons. The average molecular weight is 391 g/mol. The third-order valence-corrected chi connectivity index (χ3v) is 7.93. The van der Waals surface area contributed by atoms with Crippen LogP contribution in [0.5, 0.6) is 0 Å². The van der Waals surface area contributed by atoms with E-state index in [-0.39, 0.29) is 29.9 Å². The van der Waals surface area contributed by atoms with Gasteiger partial charge < -0.3 is 9.47 Å². The van der Waals surface area contributed by atoms with E-state index in [0.717, 1.165) is 50.4 Å². The van der Waals surface area contributed by atoms with E-state index in [9.17, 15) is 9.59 Å². The molecule has 0 amide bonds. The van der Waals surface area contributed by atoms with Crippen LogP contribution < -0.4 is 0 Å². The Morgan fingerprint density at radius 3 is 2.00 bits per heavy atom. The third-order valence-electron chi connectivity index (χ3n) is 7.93. The smallest absolute Gasteiger partial charge is 0.310 e. The molecule has 2 unspecified atom stereocenters. The van der Waals surface area contributed by atoms with E-state index in [4.69, 9.17) is 9.47 Å². The van der Waals surface area contributed by atoms with Gasteiger partial charge in [-0.15, -0.1) is 0 Å². The van der Waals surface area contributed by atoms with Crippen LogP contribution in [0.15, 0.2) is 0 Å². The Morgan fingerprint density at radius 1 is 0.857 bits per heavy atom.